The lowest BCUT2D eigenvalue weighted by atomic mass is 9.97. The Hall–Kier alpha value is -1.84. The lowest BCUT2D eigenvalue weighted by Gasteiger charge is -2.44. The molecule has 1 saturated heterocycles. The van der Waals surface area contributed by atoms with Crippen molar-refractivity contribution in [2.75, 3.05) is 26.4 Å². The number of amides is 2. The molecule has 0 aliphatic carbocycles. The number of thiophene rings is 1. The van der Waals surface area contributed by atoms with E-state index < -0.39 is 11.8 Å². The van der Waals surface area contributed by atoms with Crippen molar-refractivity contribution < 1.29 is 23.8 Å². The maximum atomic E-state index is 13.2. The summed E-state index contributed by atoms with van der Waals surface area (Å²) in [4.78, 5) is 26.5. The van der Waals surface area contributed by atoms with Crippen LogP contribution in [0, 0.1) is 5.92 Å². The van der Waals surface area contributed by atoms with Crippen LogP contribution in [-0.2, 0) is 19.0 Å². The summed E-state index contributed by atoms with van der Waals surface area (Å²) in [5.74, 6) is -1.41. The largest absolute Gasteiger partial charge is 0.376 e. The Bertz CT molecular complexity index is 868. The van der Waals surface area contributed by atoms with Gasteiger partial charge in [0.15, 0.2) is 0 Å². The number of imide groups is 1. The second-order valence-electron chi connectivity index (χ2n) is 8.39. The molecule has 3 rings (SSSR count). The number of carbonyl (C=O) groups is 2. The summed E-state index contributed by atoms with van der Waals surface area (Å²) in [6.07, 6.45) is 1.23. The molecule has 2 aromatic rings. The van der Waals surface area contributed by atoms with E-state index in [-0.39, 0.29) is 23.8 Å². The van der Waals surface area contributed by atoms with Crippen molar-refractivity contribution in [3.05, 3.63) is 35.2 Å². The molecule has 2 N–H and O–H groups in total. The predicted octanol–water partition coefficient (Wildman–Crippen LogP) is 3.72. The van der Waals surface area contributed by atoms with Gasteiger partial charge in [-0.25, -0.2) is 0 Å². The Kier molecular flexibility index (Phi) is 8.79. The van der Waals surface area contributed by atoms with E-state index in [1.807, 2.05) is 44.2 Å². The molecule has 8 heteroatoms. The zero-order valence-corrected chi connectivity index (χ0v) is 20.1. The first-order valence-electron chi connectivity index (χ1n) is 11.3. The average molecular weight is 463 g/mol. The molecule has 2 amide bonds. The SMILES string of the molecule is CCOC1(OCC)COCCC1N[C@@H](CC(C)C)C(=O)NC(=O)c1cc2ccccc2s1. The fraction of sp³-hybridized carbons (Fsp3) is 0.583. The van der Waals surface area contributed by atoms with Gasteiger partial charge < -0.3 is 14.2 Å². The molecule has 1 aromatic carbocycles. The number of benzene rings is 1. The predicted molar refractivity (Wildman–Crippen MR) is 126 cm³/mol. The van der Waals surface area contributed by atoms with Gasteiger partial charge in [0.2, 0.25) is 11.7 Å². The molecular formula is C24H34N2O5S. The van der Waals surface area contributed by atoms with Gasteiger partial charge in [-0.3, -0.25) is 20.2 Å². The molecule has 176 valence electrons. The molecule has 2 atom stereocenters. The minimum absolute atomic E-state index is 0.231. The normalized spacial score (nSPS) is 19.2. The standard InChI is InChI=1S/C24H34N2O5S/c1-5-30-24(31-6-2)15-29-12-11-21(24)25-18(13-16(3)4)22(27)26-23(28)20-14-17-9-7-8-10-19(17)32-20/h7-10,14,16,18,21,25H,5-6,11-13,15H2,1-4H3,(H,26,27,28)/t18-,21?/m0/s1. The topological polar surface area (TPSA) is 85.9 Å². The van der Waals surface area contributed by atoms with Crippen molar-refractivity contribution >= 4 is 33.2 Å². The van der Waals surface area contributed by atoms with E-state index in [1.54, 1.807) is 0 Å². The Balaban J connectivity index is 1.75. The van der Waals surface area contributed by atoms with Crippen molar-refractivity contribution in [3.8, 4) is 0 Å². The zero-order valence-electron chi connectivity index (χ0n) is 19.3. The highest BCUT2D eigenvalue weighted by Gasteiger charge is 2.45. The van der Waals surface area contributed by atoms with Gasteiger partial charge in [-0.1, -0.05) is 32.0 Å². The highest BCUT2D eigenvalue weighted by Crippen LogP contribution is 2.28. The number of nitrogens with one attached hydrogen (secondary N) is 2. The van der Waals surface area contributed by atoms with Gasteiger partial charge in [0.05, 0.1) is 17.0 Å². The van der Waals surface area contributed by atoms with Crippen molar-refractivity contribution in [1.29, 1.82) is 0 Å². The van der Waals surface area contributed by atoms with Crippen LogP contribution in [0.3, 0.4) is 0 Å². The molecule has 7 nitrogen and oxygen atoms in total. The maximum Gasteiger partial charge on any atom is 0.267 e. The van der Waals surface area contributed by atoms with E-state index in [0.717, 1.165) is 10.1 Å². The third-order valence-corrected chi connectivity index (χ3v) is 6.59. The molecule has 1 aliphatic rings. The van der Waals surface area contributed by atoms with E-state index in [1.165, 1.54) is 11.3 Å². The molecule has 1 unspecified atom stereocenters. The van der Waals surface area contributed by atoms with E-state index >= 15 is 0 Å². The van der Waals surface area contributed by atoms with E-state index in [0.29, 0.717) is 44.1 Å². The fourth-order valence-electron chi connectivity index (χ4n) is 4.08. The third kappa shape index (κ3) is 5.94. The van der Waals surface area contributed by atoms with Crippen LogP contribution in [0.5, 0.6) is 0 Å². The minimum Gasteiger partial charge on any atom is -0.376 e. The van der Waals surface area contributed by atoms with Gasteiger partial charge in [-0.2, -0.15) is 0 Å². The molecule has 0 radical (unpaired) electrons. The number of fused-ring (bicyclic) bond motifs is 1. The smallest absolute Gasteiger partial charge is 0.267 e. The van der Waals surface area contributed by atoms with E-state index in [4.69, 9.17) is 14.2 Å². The van der Waals surface area contributed by atoms with Crippen LogP contribution in [0.15, 0.2) is 30.3 Å². The van der Waals surface area contributed by atoms with Crippen LogP contribution < -0.4 is 10.6 Å². The first kappa shape index (κ1) is 24.8. The summed E-state index contributed by atoms with van der Waals surface area (Å²) in [5, 5.41) is 7.03. The van der Waals surface area contributed by atoms with Crippen LogP contribution in [0.1, 0.15) is 50.2 Å². The monoisotopic (exact) mass is 462 g/mol. The minimum atomic E-state index is -0.952. The molecule has 0 saturated carbocycles. The molecule has 1 fully saturated rings. The van der Waals surface area contributed by atoms with Crippen molar-refractivity contribution in [1.82, 2.24) is 10.6 Å². The van der Waals surface area contributed by atoms with Gasteiger partial charge in [0, 0.05) is 24.5 Å². The van der Waals surface area contributed by atoms with Gasteiger partial charge in [-0.05, 0) is 50.1 Å². The maximum absolute atomic E-state index is 13.2. The number of carbonyl (C=O) groups excluding carboxylic acids is 2. The summed E-state index contributed by atoms with van der Waals surface area (Å²) >= 11 is 1.38. The highest BCUT2D eigenvalue weighted by atomic mass is 32.1. The van der Waals surface area contributed by atoms with Crippen LogP contribution in [0.4, 0.5) is 0 Å². The number of hydrogen-bond acceptors (Lipinski definition) is 7. The van der Waals surface area contributed by atoms with Crippen LogP contribution >= 0.6 is 11.3 Å². The summed E-state index contributed by atoms with van der Waals surface area (Å²) in [7, 11) is 0. The molecule has 32 heavy (non-hydrogen) atoms. The van der Waals surface area contributed by atoms with Gasteiger partial charge in [0.25, 0.3) is 5.91 Å². The van der Waals surface area contributed by atoms with Gasteiger partial charge >= 0.3 is 0 Å². The van der Waals surface area contributed by atoms with Crippen molar-refractivity contribution in [2.45, 2.75) is 58.4 Å². The molecular weight excluding hydrogens is 428 g/mol. The summed E-state index contributed by atoms with van der Waals surface area (Å²) < 4.78 is 18.6. The molecule has 0 bridgehead atoms. The van der Waals surface area contributed by atoms with Crippen LogP contribution in [-0.4, -0.2) is 56.1 Å². The highest BCUT2D eigenvalue weighted by molar-refractivity contribution is 7.20. The lowest BCUT2D eigenvalue weighted by molar-refractivity contribution is -0.290. The van der Waals surface area contributed by atoms with Crippen LogP contribution in [0.25, 0.3) is 10.1 Å². The average Bonchev–Trinajstić information content (AvgIpc) is 3.19. The van der Waals surface area contributed by atoms with E-state index in [9.17, 15) is 9.59 Å². The van der Waals surface area contributed by atoms with Gasteiger partial charge in [-0.15, -0.1) is 11.3 Å². The Labute approximate surface area is 193 Å². The summed E-state index contributed by atoms with van der Waals surface area (Å²) in [6, 6.07) is 8.82. The number of rotatable bonds is 10. The fourth-order valence-corrected chi connectivity index (χ4v) is 5.04. The third-order valence-electron chi connectivity index (χ3n) is 5.47. The molecule has 1 aliphatic heterocycles. The first-order chi connectivity index (χ1) is 15.4. The second-order valence-corrected chi connectivity index (χ2v) is 9.47. The second kappa shape index (κ2) is 11.3. The lowest BCUT2D eigenvalue weighted by Crippen LogP contribution is -2.64. The van der Waals surface area contributed by atoms with Crippen molar-refractivity contribution in [2.24, 2.45) is 5.92 Å². The van der Waals surface area contributed by atoms with E-state index in [2.05, 4.69) is 24.5 Å². The Morgan fingerprint density at radius 2 is 1.94 bits per heavy atom. The molecule has 1 aromatic heterocycles. The Morgan fingerprint density at radius 1 is 1.22 bits per heavy atom. The number of hydrogen-bond donors (Lipinski definition) is 2. The Morgan fingerprint density at radius 3 is 2.59 bits per heavy atom. The zero-order chi connectivity index (χ0) is 23.1. The quantitative estimate of drug-likeness (QED) is 0.524. The van der Waals surface area contributed by atoms with Crippen LogP contribution in [0.2, 0.25) is 0 Å². The molecule has 2 heterocycles. The summed E-state index contributed by atoms with van der Waals surface area (Å²) in [6.45, 7) is 9.71. The first-order valence-corrected chi connectivity index (χ1v) is 12.2. The molecule has 0 spiro atoms. The number of ether oxygens (including phenoxy) is 3. The summed E-state index contributed by atoms with van der Waals surface area (Å²) in [5.41, 5.74) is 0. The van der Waals surface area contributed by atoms with Gasteiger partial charge in [0.1, 0.15) is 6.61 Å². The van der Waals surface area contributed by atoms with Crippen molar-refractivity contribution in [3.63, 3.8) is 0 Å².